The van der Waals surface area contributed by atoms with E-state index in [9.17, 15) is 4.79 Å². The van der Waals surface area contributed by atoms with Crippen molar-refractivity contribution in [2.24, 2.45) is 0 Å². The van der Waals surface area contributed by atoms with Crippen LogP contribution < -0.4 is 4.90 Å². The minimum Gasteiger partial charge on any atom is -0.286 e. The first kappa shape index (κ1) is 15.8. The van der Waals surface area contributed by atoms with Crippen molar-refractivity contribution >= 4 is 38.3 Å². The lowest BCUT2D eigenvalue weighted by Gasteiger charge is -2.13. The zero-order chi connectivity index (χ0) is 16.4. The number of carbonyl (C=O) groups excluding carboxylic acids is 1. The topological polar surface area (TPSA) is 46.1 Å². The van der Waals surface area contributed by atoms with Gasteiger partial charge in [-0.2, -0.15) is 0 Å². The predicted molar refractivity (Wildman–Crippen MR) is 97.0 cm³/mol. The average Bonchev–Trinajstić information content (AvgIpc) is 3.04. The maximum absolute atomic E-state index is 12.5. The zero-order valence-electron chi connectivity index (χ0n) is 12.7. The highest BCUT2D eigenvalue weighted by molar-refractivity contribution is 9.10. The first-order chi connectivity index (χ1) is 11.0. The number of halogens is 1. The highest BCUT2D eigenvalue weighted by Crippen LogP contribution is 2.29. The number of aryl methyl sites for hydroxylation is 1. The molecule has 2 aromatic carbocycles. The summed E-state index contributed by atoms with van der Waals surface area (Å²) in [4.78, 5) is 14.1. The second-order valence-corrected chi connectivity index (χ2v) is 7.00. The van der Waals surface area contributed by atoms with Crippen molar-refractivity contribution in [2.45, 2.75) is 6.92 Å². The van der Waals surface area contributed by atoms with Crippen LogP contribution in [0.4, 0.5) is 5.13 Å². The van der Waals surface area contributed by atoms with Gasteiger partial charge in [-0.3, -0.25) is 9.69 Å². The number of hydrogen-bond donors (Lipinski definition) is 0. The SMILES string of the molecule is Cc1cccc(C(=O)N(C)c2nnc(-c3ccc(Br)cc3)s2)c1. The van der Waals surface area contributed by atoms with Crippen LogP contribution in [-0.2, 0) is 0 Å². The minimum atomic E-state index is -0.0905. The van der Waals surface area contributed by atoms with Gasteiger partial charge in [0.1, 0.15) is 5.01 Å². The third-order valence-corrected chi connectivity index (χ3v) is 4.94. The molecule has 3 rings (SSSR count). The van der Waals surface area contributed by atoms with Crippen LogP contribution in [0.2, 0.25) is 0 Å². The van der Waals surface area contributed by atoms with Crippen molar-refractivity contribution < 1.29 is 4.79 Å². The Morgan fingerprint density at radius 3 is 2.57 bits per heavy atom. The quantitative estimate of drug-likeness (QED) is 0.661. The summed E-state index contributed by atoms with van der Waals surface area (Å²) in [5.41, 5.74) is 2.68. The van der Waals surface area contributed by atoms with E-state index in [0.29, 0.717) is 10.7 Å². The Balaban J connectivity index is 1.84. The van der Waals surface area contributed by atoms with Gasteiger partial charge in [-0.05, 0) is 31.2 Å². The van der Waals surface area contributed by atoms with Crippen molar-refractivity contribution in [3.05, 3.63) is 64.1 Å². The molecule has 1 heterocycles. The van der Waals surface area contributed by atoms with Gasteiger partial charge in [-0.1, -0.05) is 57.1 Å². The summed E-state index contributed by atoms with van der Waals surface area (Å²) >= 11 is 4.81. The summed E-state index contributed by atoms with van der Waals surface area (Å²) in [5.74, 6) is -0.0905. The lowest BCUT2D eigenvalue weighted by molar-refractivity contribution is 0.0992. The lowest BCUT2D eigenvalue weighted by Crippen LogP contribution is -2.26. The van der Waals surface area contributed by atoms with Crippen LogP contribution in [0.3, 0.4) is 0 Å². The van der Waals surface area contributed by atoms with E-state index in [0.717, 1.165) is 20.6 Å². The Hall–Kier alpha value is -2.05. The first-order valence-corrected chi connectivity index (χ1v) is 8.60. The lowest BCUT2D eigenvalue weighted by atomic mass is 10.1. The van der Waals surface area contributed by atoms with Gasteiger partial charge >= 0.3 is 0 Å². The summed E-state index contributed by atoms with van der Waals surface area (Å²) in [6.07, 6.45) is 0. The molecule has 1 aromatic heterocycles. The number of carbonyl (C=O) groups is 1. The molecule has 0 spiro atoms. The largest absolute Gasteiger partial charge is 0.286 e. The van der Waals surface area contributed by atoms with E-state index in [1.807, 2.05) is 55.5 Å². The highest BCUT2D eigenvalue weighted by atomic mass is 79.9. The molecule has 0 fully saturated rings. The summed E-state index contributed by atoms with van der Waals surface area (Å²) < 4.78 is 1.01. The van der Waals surface area contributed by atoms with E-state index in [-0.39, 0.29) is 5.91 Å². The van der Waals surface area contributed by atoms with Crippen molar-refractivity contribution in [2.75, 3.05) is 11.9 Å². The Morgan fingerprint density at radius 2 is 1.87 bits per heavy atom. The molecule has 0 saturated carbocycles. The fraction of sp³-hybridized carbons (Fsp3) is 0.118. The molecule has 0 saturated heterocycles. The molecule has 23 heavy (non-hydrogen) atoms. The van der Waals surface area contributed by atoms with Crippen molar-refractivity contribution in [3.63, 3.8) is 0 Å². The van der Waals surface area contributed by atoms with Crippen LogP contribution in [0, 0.1) is 6.92 Å². The molecule has 6 heteroatoms. The van der Waals surface area contributed by atoms with E-state index < -0.39 is 0 Å². The Labute approximate surface area is 146 Å². The third kappa shape index (κ3) is 3.48. The molecule has 0 aliphatic heterocycles. The zero-order valence-corrected chi connectivity index (χ0v) is 15.1. The van der Waals surface area contributed by atoms with Crippen LogP contribution in [0.5, 0.6) is 0 Å². The van der Waals surface area contributed by atoms with E-state index in [2.05, 4.69) is 26.1 Å². The normalized spacial score (nSPS) is 10.6. The second-order valence-electron chi connectivity index (χ2n) is 5.13. The molecule has 0 N–H and O–H groups in total. The van der Waals surface area contributed by atoms with Gasteiger partial charge < -0.3 is 0 Å². The van der Waals surface area contributed by atoms with E-state index in [1.165, 1.54) is 16.2 Å². The number of anilines is 1. The summed E-state index contributed by atoms with van der Waals surface area (Å²) in [7, 11) is 1.72. The average molecular weight is 388 g/mol. The molecule has 0 radical (unpaired) electrons. The van der Waals surface area contributed by atoms with Crippen molar-refractivity contribution in [1.29, 1.82) is 0 Å². The van der Waals surface area contributed by atoms with Crippen LogP contribution in [0.1, 0.15) is 15.9 Å². The van der Waals surface area contributed by atoms with Gasteiger partial charge in [0, 0.05) is 22.6 Å². The van der Waals surface area contributed by atoms with Crippen molar-refractivity contribution in [3.8, 4) is 10.6 Å². The van der Waals surface area contributed by atoms with E-state index in [4.69, 9.17) is 0 Å². The van der Waals surface area contributed by atoms with Gasteiger partial charge in [0.15, 0.2) is 0 Å². The fourth-order valence-electron chi connectivity index (χ4n) is 2.12. The number of amides is 1. The molecular weight excluding hydrogens is 374 g/mol. The van der Waals surface area contributed by atoms with Gasteiger partial charge in [-0.25, -0.2) is 0 Å². The van der Waals surface area contributed by atoms with Crippen LogP contribution >= 0.6 is 27.3 Å². The van der Waals surface area contributed by atoms with Gasteiger partial charge in [0.05, 0.1) is 0 Å². The molecular formula is C17H14BrN3OS. The molecule has 4 nitrogen and oxygen atoms in total. The molecule has 0 aliphatic rings. The van der Waals surface area contributed by atoms with Crippen LogP contribution in [0.15, 0.2) is 53.0 Å². The standard InChI is InChI=1S/C17H14BrN3OS/c1-11-4-3-5-13(10-11)16(22)21(2)17-20-19-15(23-17)12-6-8-14(18)9-7-12/h3-10H,1-2H3. The maximum Gasteiger partial charge on any atom is 0.259 e. The monoisotopic (exact) mass is 387 g/mol. The third-order valence-electron chi connectivity index (χ3n) is 3.36. The van der Waals surface area contributed by atoms with Crippen LogP contribution in [-0.4, -0.2) is 23.2 Å². The van der Waals surface area contributed by atoms with Gasteiger partial charge in [0.2, 0.25) is 5.13 Å². The van der Waals surface area contributed by atoms with Gasteiger partial charge in [0.25, 0.3) is 5.91 Å². The fourth-order valence-corrected chi connectivity index (χ4v) is 3.19. The van der Waals surface area contributed by atoms with Crippen molar-refractivity contribution in [1.82, 2.24) is 10.2 Å². The van der Waals surface area contributed by atoms with E-state index in [1.54, 1.807) is 7.05 Å². The summed E-state index contributed by atoms with van der Waals surface area (Å²) in [5, 5.41) is 9.70. The Morgan fingerprint density at radius 1 is 1.13 bits per heavy atom. The molecule has 0 aliphatic carbocycles. The smallest absolute Gasteiger partial charge is 0.259 e. The summed E-state index contributed by atoms with van der Waals surface area (Å²) in [6, 6.07) is 15.4. The number of hydrogen-bond acceptors (Lipinski definition) is 4. The van der Waals surface area contributed by atoms with Crippen LogP contribution in [0.25, 0.3) is 10.6 Å². The molecule has 0 atom stereocenters. The molecule has 3 aromatic rings. The number of aromatic nitrogens is 2. The molecule has 1 amide bonds. The minimum absolute atomic E-state index is 0.0905. The number of nitrogens with zero attached hydrogens (tertiary/aromatic N) is 3. The predicted octanol–water partition coefficient (Wildman–Crippen LogP) is 4.55. The molecule has 0 bridgehead atoms. The number of benzene rings is 2. The van der Waals surface area contributed by atoms with E-state index >= 15 is 0 Å². The number of rotatable bonds is 3. The van der Waals surface area contributed by atoms with Gasteiger partial charge in [-0.15, -0.1) is 10.2 Å². The highest BCUT2D eigenvalue weighted by Gasteiger charge is 2.18. The summed E-state index contributed by atoms with van der Waals surface area (Å²) in [6.45, 7) is 1.97. The second kappa shape index (κ2) is 6.60. The maximum atomic E-state index is 12.5. The Bertz CT molecular complexity index is 845. The Kier molecular flexibility index (Phi) is 4.54. The molecule has 0 unspecified atom stereocenters. The molecule has 116 valence electrons. The first-order valence-electron chi connectivity index (χ1n) is 6.99.